The largest absolute Gasteiger partial charge is 0.441 e. The number of nitrogens with zero attached hydrogens (tertiary/aromatic N) is 2. The molecule has 4 heteroatoms. The highest BCUT2D eigenvalue weighted by Gasteiger charge is 2.16. The molecule has 0 aromatic heterocycles. The summed E-state index contributed by atoms with van der Waals surface area (Å²) in [4.78, 5) is 4.37. The van der Waals surface area contributed by atoms with Gasteiger partial charge in [-0.25, -0.2) is 4.98 Å². The molecule has 0 saturated heterocycles. The van der Waals surface area contributed by atoms with Gasteiger partial charge in [0.15, 0.2) is 5.76 Å². The van der Waals surface area contributed by atoms with Crippen molar-refractivity contribution >= 4 is 16.6 Å². The fourth-order valence-corrected chi connectivity index (χ4v) is 1.75. The summed E-state index contributed by atoms with van der Waals surface area (Å²) in [5, 5.41) is 9.74. The number of rotatable bonds is 0. The molecule has 0 saturated carbocycles. The molecule has 2 heterocycles. The van der Waals surface area contributed by atoms with Crippen LogP contribution in [0.3, 0.4) is 0 Å². The van der Waals surface area contributed by atoms with Crippen molar-refractivity contribution in [3.8, 4) is 17.5 Å². The number of para-hydroxylation sites is 1. The molecule has 1 aromatic rings. The van der Waals surface area contributed by atoms with E-state index in [0.29, 0.717) is 17.1 Å². The van der Waals surface area contributed by atoms with Gasteiger partial charge in [-0.1, -0.05) is 12.1 Å². The Bertz CT molecular complexity index is 693. The standard InChI is InChI=1S/C12H7N3O/c13-6-11-8(14)5-10-12(16-11)7-3-1-2-4-9(7)15-10/h1-5H,14H2. The van der Waals surface area contributed by atoms with Gasteiger partial charge in [0.05, 0.1) is 11.2 Å². The predicted molar refractivity (Wildman–Crippen MR) is 59.8 cm³/mol. The number of benzene rings is 1. The summed E-state index contributed by atoms with van der Waals surface area (Å²) >= 11 is 0. The van der Waals surface area contributed by atoms with Crippen LogP contribution in [0.5, 0.6) is 0 Å². The zero-order valence-electron chi connectivity index (χ0n) is 8.27. The highest BCUT2D eigenvalue weighted by atomic mass is 16.3. The van der Waals surface area contributed by atoms with Crippen molar-refractivity contribution in [2.24, 2.45) is 0 Å². The van der Waals surface area contributed by atoms with Crippen LogP contribution < -0.4 is 5.73 Å². The lowest BCUT2D eigenvalue weighted by molar-refractivity contribution is 0.557. The Morgan fingerprint density at radius 3 is 2.94 bits per heavy atom. The van der Waals surface area contributed by atoms with Crippen LogP contribution in [0.25, 0.3) is 22.4 Å². The van der Waals surface area contributed by atoms with E-state index in [4.69, 9.17) is 15.4 Å². The molecule has 0 unspecified atom stereocenters. The molecule has 0 bridgehead atoms. The van der Waals surface area contributed by atoms with Crippen LogP contribution in [0.15, 0.2) is 34.7 Å². The zero-order valence-corrected chi connectivity index (χ0v) is 8.27. The number of fused-ring (bicyclic) bond motifs is 3. The maximum absolute atomic E-state index is 8.84. The van der Waals surface area contributed by atoms with Gasteiger partial charge in [0, 0.05) is 5.39 Å². The minimum Gasteiger partial charge on any atom is -0.441 e. The molecule has 2 aliphatic heterocycles. The Balaban J connectivity index is 2.49. The van der Waals surface area contributed by atoms with Crippen LogP contribution >= 0.6 is 0 Å². The normalized spacial score (nSPS) is 10.7. The Kier molecular flexibility index (Phi) is 1.62. The third kappa shape index (κ3) is 1.06. The van der Waals surface area contributed by atoms with Gasteiger partial charge in [-0.3, -0.25) is 0 Å². The average Bonchev–Trinajstić information content (AvgIpc) is 2.65. The lowest BCUT2D eigenvalue weighted by Crippen LogP contribution is -1.91. The molecular weight excluding hydrogens is 202 g/mol. The molecule has 0 fully saturated rings. The van der Waals surface area contributed by atoms with Gasteiger partial charge < -0.3 is 10.2 Å². The number of hydrogen-bond acceptors (Lipinski definition) is 4. The summed E-state index contributed by atoms with van der Waals surface area (Å²) in [5.74, 6) is 0.743. The Hall–Kier alpha value is -2.54. The van der Waals surface area contributed by atoms with Crippen molar-refractivity contribution in [3.63, 3.8) is 0 Å². The monoisotopic (exact) mass is 209 g/mol. The second kappa shape index (κ2) is 2.97. The van der Waals surface area contributed by atoms with Crippen LogP contribution in [0, 0.1) is 11.3 Å². The van der Waals surface area contributed by atoms with Gasteiger partial charge in [-0.15, -0.1) is 0 Å². The quantitative estimate of drug-likeness (QED) is 0.616. The molecule has 1 aromatic carbocycles. The lowest BCUT2D eigenvalue weighted by atomic mass is 10.2. The topological polar surface area (TPSA) is 75.8 Å². The molecule has 3 rings (SSSR count). The number of nitrogen functional groups attached to an aromatic ring is 1. The number of hydrogen-bond donors (Lipinski definition) is 1. The van der Waals surface area contributed by atoms with Crippen molar-refractivity contribution in [2.75, 3.05) is 5.73 Å². The Morgan fingerprint density at radius 2 is 2.12 bits per heavy atom. The van der Waals surface area contributed by atoms with Crippen LogP contribution in [0.1, 0.15) is 5.76 Å². The summed E-state index contributed by atoms with van der Waals surface area (Å²) in [6.07, 6.45) is 0. The molecule has 16 heavy (non-hydrogen) atoms. The first kappa shape index (κ1) is 8.74. The van der Waals surface area contributed by atoms with E-state index in [1.54, 1.807) is 6.07 Å². The van der Waals surface area contributed by atoms with Gasteiger partial charge in [0.25, 0.3) is 0 Å². The second-order valence-corrected chi connectivity index (χ2v) is 3.49. The van der Waals surface area contributed by atoms with Gasteiger partial charge in [0.1, 0.15) is 11.8 Å². The number of anilines is 1. The van der Waals surface area contributed by atoms with E-state index in [-0.39, 0.29) is 5.76 Å². The van der Waals surface area contributed by atoms with E-state index in [9.17, 15) is 0 Å². The molecule has 4 nitrogen and oxygen atoms in total. The average molecular weight is 209 g/mol. The van der Waals surface area contributed by atoms with Crippen molar-refractivity contribution in [1.82, 2.24) is 4.98 Å². The highest BCUT2D eigenvalue weighted by molar-refractivity contribution is 5.95. The van der Waals surface area contributed by atoms with Gasteiger partial charge >= 0.3 is 0 Å². The molecule has 0 atom stereocenters. The van der Waals surface area contributed by atoms with Crippen LogP contribution in [-0.2, 0) is 0 Å². The van der Waals surface area contributed by atoms with Crippen molar-refractivity contribution in [3.05, 3.63) is 36.1 Å². The maximum atomic E-state index is 8.84. The van der Waals surface area contributed by atoms with E-state index in [2.05, 4.69) is 4.98 Å². The first-order valence-electron chi connectivity index (χ1n) is 4.77. The van der Waals surface area contributed by atoms with E-state index in [1.165, 1.54) is 0 Å². The molecule has 0 amide bonds. The van der Waals surface area contributed by atoms with Gasteiger partial charge in [-0.2, -0.15) is 5.26 Å². The number of nitrogens with two attached hydrogens (primary N) is 1. The third-order valence-electron chi connectivity index (χ3n) is 2.48. The summed E-state index contributed by atoms with van der Waals surface area (Å²) in [6, 6.07) is 11.2. The minimum atomic E-state index is 0.130. The van der Waals surface area contributed by atoms with E-state index < -0.39 is 0 Å². The second-order valence-electron chi connectivity index (χ2n) is 3.49. The highest BCUT2D eigenvalue weighted by Crippen LogP contribution is 2.33. The summed E-state index contributed by atoms with van der Waals surface area (Å²) < 4.78 is 5.45. The Morgan fingerprint density at radius 1 is 1.31 bits per heavy atom. The van der Waals surface area contributed by atoms with Gasteiger partial charge in [-0.05, 0) is 18.2 Å². The molecule has 2 N–H and O–H groups in total. The molecular formula is C12H7N3O. The fraction of sp³-hybridized carbons (Fsp3) is 0. The first-order chi connectivity index (χ1) is 7.79. The van der Waals surface area contributed by atoms with Crippen LogP contribution in [0.2, 0.25) is 0 Å². The number of nitriles is 1. The molecule has 0 spiro atoms. The van der Waals surface area contributed by atoms with Crippen molar-refractivity contribution in [1.29, 1.82) is 5.26 Å². The fourth-order valence-electron chi connectivity index (χ4n) is 1.75. The first-order valence-corrected chi connectivity index (χ1v) is 4.77. The zero-order chi connectivity index (χ0) is 11.1. The van der Waals surface area contributed by atoms with Crippen molar-refractivity contribution in [2.45, 2.75) is 0 Å². The number of aromatic nitrogens is 1. The SMILES string of the molecule is N#Cc1oc2c3ccccc3nc-2cc1N. The molecule has 0 radical (unpaired) electrons. The molecule has 0 aliphatic carbocycles. The molecule has 2 aliphatic rings. The summed E-state index contributed by atoms with van der Waals surface area (Å²) in [5.41, 5.74) is 7.50. The third-order valence-corrected chi connectivity index (χ3v) is 2.48. The maximum Gasteiger partial charge on any atom is 0.227 e. The van der Waals surface area contributed by atoms with E-state index in [1.807, 2.05) is 30.3 Å². The van der Waals surface area contributed by atoms with Crippen molar-refractivity contribution < 1.29 is 4.42 Å². The summed E-state index contributed by atoms with van der Waals surface area (Å²) in [7, 11) is 0. The molecule has 76 valence electrons. The van der Waals surface area contributed by atoms with E-state index >= 15 is 0 Å². The Labute approximate surface area is 91.3 Å². The van der Waals surface area contributed by atoms with Crippen LogP contribution in [0.4, 0.5) is 5.69 Å². The smallest absolute Gasteiger partial charge is 0.227 e. The minimum absolute atomic E-state index is 0.130. The predicted octanol–water partition coefficient (Wildman–Crippen LogP) is 2.39. The summed E-state index contributed by atoms with van der Waals surface area (Å²) in [6.45, 7) is 0. The van der Waals surface area contributed by atoms with Gasteiger partial charge in [0.2, 0.25) is 5.76 Å². The lowest BCUT2D eigenvalue weighted by Gasteiger charge is -2.00. The van der Waals surface area contributed by atoms with Crippen LogP contribution in [-0.4, -0.2) is 4.98 Å². The van der Waals surface area contributed by atoms with E-state index in [0.717, 1.165) is 10.9 Å².